The van der Waals surface area contributed by atoms with E-state index in [1.807, 2.05) is 0 Å². The summed E-state index contributed by atoms with van der Waals surface area (Å²) in [7, 11) is 0. The van der Waals surface area contributed by atoms with Gasteiger partial charge >= 0.3 is 5.97 Å². The molecule has 2 aliphatic rings. The molecule has 14 heteroatoms. The summed E-state index contributed by atoms with van der Waals surface area (Å²) >= 11 is 0. The molecule has 2 aliphatic heterocycles. The van der Waals surface area contributed by atoms with E-state index in [2.05, 4.69) is 123 Å². The van der Waals surface area contributed by atoms with Crippen LogP contribution < -0.4 is 0 Å². The predicted octanol–water partition coefficient (Wildman–Crippen LogP) is 11.5. The average molecular weight is 1110 g/mol. The molecule has 0 spiro atoms. The summed E-state index contributed by atoms with van der Waals surface area (Å²) in [5.74, 6) is -0.437. The van der Waals surface area contributed by atoms with Crippen molar-refractivity contribution in [2.24, 2.45) is 0 Å². The van der Waals surface area contributed by atoms with Crippen molar-refractivity contribution in [3.8, 4) is 0 Å². The summed E-state index contributed by atoms with van der Waals surface area (Å²) in [6, 6.07) is 0. The molecule has 11 unspecified atom stereocenters. The molecular weight excluding hydrogens is 1000 g/mol. The van der Waals surface area contributed by atoms with Crippen LogP contribution in [0.1, 0.15) is 194 Å². The van der Waals surface area contributed by atoms with E-state index in [1.54, 1.807) is 0 Å². The van der Waals surface area contributed by atoms with E-state index in [0.717, 1.165) is 77.0 Å². The Hall–Kier alpha value is -3.35. The predicted molar refractivity (Wildman–Crippen MR) is 316 cm³/mol. The van der Waals surface area contributed by atoms with Gasteiger partial charge in [-0.15, -0.1) is 0 Å². The van der Waals surface area contributed by atoms with Gasteiger partial charge in [0.15, 0.2) is 12.6 Å². The number of esters is 1. The number of hydrogen-bond acceptors (Lipinski definition) is 14. The van der Waals surface area contributed by atoms with Crippen molar-refractivity contribution >= 4 is 5.97 Å². The SMILES string of the molecule is CC/C=C\C/C=C\C/C=C\C/C=C\C/C=C\C/C=C\C/C=C\CCCC(=O)OC(COCCCCCCCCCCCC/C=C\C/C=C\CCCCCCC)COC1OC(COC2OC(CO)C(O)C(O)C2O)C(O)C(O)C1O. The van der Waals surface area contributed by atoms with E-state index in [0.29, 0.717) is 19.4 Å². The van der Waals surface area contributed by atoms with Crippen LogP contribution in [0.15, 0.2) is 109 Å². The second-order valence-electron chi connectivity index (χ2n) is 20.8. The standard InChI is InChI=1S/C65H108O14/c1-3-5-7-9-11-13-15-17-19-21-23-25-27-28-30-32-34-36-38-40-42-44-46-48-57(67)77-54(51-74-49-47-45-43-41-39-37-35-33-31-29-26-24-22-20-18-16-14-12-10-8-6-4-2)52-75-64-63(73)61(71)59(69)56(79-64)53-76-65-62(72)60(70)58(68)55(50-66)78-65/h5,7,11,13,16-19,22-25,28,30,34,36,40,42,54-56,58-66,68-73H,3-4,6,8-10,12,14-15,20-21,26-27,29,31-33,35,37-39,41,43-53H2,1-2H3/b7-5-,13-11-,18-16-,19-17-,24-22-,25-23-,30-28-,36-34-,42-40-. The van der Waals surface area contributed by atoms with Crippen molar-refractivity contribution in [3.63, 3.8) is 0 Å². The largest absolute Gasteiger partial charge is 0.457 e. The van der Waals surface area contributed by atoms with Crippen molar-refractivity contribution < 1.29 is 69.0 Å². The number of carbonyl (C=O) groups is 1. The Bertz CT molecular complexity index is 1720. The molecule has 7 N–H and O–H groups in total. The molecule has 2 fully saturated rings. The van der Waals surface area contributed by atoms with Gasteiger partial charge in [-0.25, -0.2) is 0 Å². The Balaban J connectivity index is 1.74. The summed E-state index contributed by atoms with van der Waals surface area (Å²) in [5.41, 5.74) is 0. The van der Waals surface area contributed by atoms with Crippen LogP contribution in [0.2, 0.25) is 0 Å². The molecule has 0 radical (unpaired) electrons. The molecule has 14 nitrogen and oxygen atoms in total. The highest BCUT2D eigenvalue weighted by atomic mass is 16.7. The Kier molecular flexibility index (Phi) is 45.8. The number of allylic oxidation sites excluding steroid dienone is 18. The van der Waals surface area contributed by atoms with Crippen LogP contribution in [0.3, 0.4) is 0 Å². The molecule has 0 aromatic carbocycles. The van der Waals surface area contributed by atoms with E-state index in [-0.39, 0.29) is 19.6 Å². The third kappa shape index (κ3) is 36.7. The van der Waals surface area contributed by atoms with Gasteiger partial charge in [0.2, 0.25) is 0 Å². The smallest absolute Gasteiger partial charge is 0.306 e. The first kappa shape index (κ1) is 71.8. The fraction of sp³-hybridized carbons (Fsp3) is 0.708. The number of hydrogen-bond donors (Lipinski definition) is 7. The third-order valence-corrected chi connectivity index (χ3v) is 13.8. The molecule has 79 heavy (non-hydrogen) atoms. The zero-order chi connectivity index (χ0) is 57.2. The molecule has 2 heterocycles. The van der Waals surface area contributed by atoms with Crippen LogP contribution in [-0.2, 0) is 33.2 Å². The quantitative estimate of drug-likeness (QED) is 0.0172. The number of carbonyl (C=O) groups excluding carboxylic acids is 1. The van der Waals surface area contributed by atoms with Crippen molar-refractivity contribution in [2.45, 2.75) is 261 Å². The van der Waals surface area contributed by atoms with Crippen molar-refractivity contribution in [1.29, 1.82) is 0 Å². The summed E-state index contributed by atoms with van der Waals surface area (Å²) in [5, 5.41) is 72.4. The molecule has 11 atom stereocenters. The fourth-order valence-electron chi connectivity index (χ4n) is 8.89. The van der Waals surface area contributed by atoms with Gasteiger partial charge in [0, 0.05) is 13.0 Å². The molecular formula is C65H108O14. The molecule has 0 aromatic heterocycles. The molecule has 0 aromatic rings. The van der Waals surface area contributed by atoms with Gasteiger partial charge in [-0.2, -0.15) is 0 Å². The minimum Gasteiger partial charge on any atom is -0.457 e. The van der Waals surface area contributed by atoms with E-state index in [1.165, 1.54) is 83.5 Å². The maximum Gasteiger partial charge on any atom is 0.306 e. The molecule has 0 bridgehead atoms. The average Bonchev–Trinajstić information content (AvgIpc) is 3.46. The highest BCUT2D eigenvalue weighted by Crippen LogP contribution is 2.26. The number of ether oxygens (including phenoxy) is 6. The van der Waals surface area contributed by atoms with Gasteiger partial charge in [-0.05, 0) is 96.3 Å². The second-order valence-corrected chi connectivity index (χ2v) is 20.8. The van der Waals surface area contributed by atoms with E-state index < -0.39 is 86.7 Å². The number of aliphatic hydroxyl groups is 7. The van der Waals surface area contributed by atoms with Gasteiger partial charge < -0.3 is 64.2 Å². The van der Waals surface area contributed by atoms with E-state index >= 15 is 0 Å². The Morgan fingerprint density at radius 2 is 0.823 bits per heavy atom. The van der Waals surface area contributed by atoms with Gasteiger partial charge in [0.1, 0.15) is 54.9 Å². The lowest BCUT2D eigenvalue weighted by molar-refractivity contribution is -0.332. The first-order valence-corrected chi connectivity index (χ1v) is 30.5. The lowest BCUT2D eigenvalue weighted by atomic mass is 9.98. The Morgan fingerprint density at radius 3 is 1.29 bits per heavy atom. The van der Waals surface area contributed by atoms with Gasteiger partial charge in [-0.1, -0.05) is 200 Å². The molecule has 2 saturated heterocycles. The molecule has 0 aliphatic carbocycles. The van der Waals surface area contributed by atoms with Crippen molar-refractivity contribution in [3.05, 3.63) is 109 Å². The molecule has 452 valence electrons. The normalized spacial score (nSPS) is 24.8. The summed E-state index contributed by atoms with van der Waals surface area (Å²) in [6.45, 7) is 3.47. The van der Waals surface area contributed by atoms with Crippen LogP contribution in [0.25, 0.3) is 0 Å². The molecule has 0 saturated carbocycles. The van der Waals surface area contributed by atoms with Gasteiger partial charge in [0.25, 0.3) is 0 Å². The van der Waals surface area contributed by atoms with Crippen LogP contribution >= 0.6 is 0 Å². The summed E-state index contributed by atoms with van der Waals surface area (Å²) < 4.78 is 34.4. The lowest BCUT2D eigenvalue weighted by Gasteiger charge is -2.42. The summed E-state index contributed by atoms with van der Waals surface area (Å²) in [4.78, 5) is 13.1. The topological polar surface area (TPSA) is 214 Å². The van der Waals surface area contributed by atoms with Crippen molar-refractivity contribution in [2.75, 3.05) is 33.0 Å². The van der Waals surface area contributed by atoms with Crippen LogP contribution in [0.4, 0.5) is 0 Å². The number of unbranched alkanes of at least 4 members (excludes halogenated alkanes) is 16. The van der Waals surface area contributed by atoms with Crippen LogP contribution in [0, 0.1) is 0 Å². The minimum atomic E-state index is -1.73. The maximum atomic E-state index is 13.1. The first-order valence-electron chi connectivity index (χ1n) is 30.5. The zero-order valence-corrected chi connectivity index (χ0v) is 48.6. The van der Waals surface area contributed by atoms with Gasteiger partial charge in [-0.3, -0.25) is 4.79 Å². The monoisotopic (exact) mass is 1110 g/mol. The van der Waals surface area contributed by atoms with Crippen molar-refractivity contribution in [1.82, 2.24) is 0 Å². The first-order chi connectivity index (χ1) is 38.6. The fourth-order valence-corrected chi connectivity index (χ4v) is 8.89. The minimum absolute atomic E-state index is 0.0291. The van der Waals surface area contributed by atoms with Gasteiger partial charge in [0.05, 0.1) is 26.4 Å². The molecule has 0 amide bonds. The van der Waals surface area contributed by atoms with E-state index in [9.17, 15) is 40.5 Å². The Morgan fingerprint density at radius 1 is 0.430 bits per heavy atom. The number of rotatable bonds is 48. The zero-order valence-electron chi connectivity index (χ0n) is 48.6. The lowest BCUT2D eigenvalue weighted by Crippen LogP contribution is -2.61. The summed E-state index contributed by atoms with van der Waals surface area (Å²) in [6.07, 6.45) is 52.9. The van der Waals surface area contributed by atoms with E-state index in [4.69, 9.17) is 28.4 Å². The van der Waals surface area contributed by atoms with Crippen LogP contribution in [0.5, 0.6) is 0 Å². The second kappa shape index (κ2) is 50.4. The maximum absolute atomic E-state index is 13.1. The van der Waals surface area contributed by atoms with Crippen LogP contribution in [-0.4, -0.2) is 142 Å². The highest BCUT2D eigenvalue weighted by molar-refractivity contribution is 5.69. The highest BCUT2D eigenvalue weighted by Gasteiger charge is 2.47. The Labute approximate surface area is 476 Å². The third-order valence-electron chi connectivity index (χ3n) is 13.8. The molecule has 2 rings (SSSR count). The number of aliphatic hydroxyl groups excluding tert-OH is 7.